The van der Waals surface area contributed by atoms with Gasteiger partial charge in [0.05, 0.1) is 52.7 Å². The number of nitrogens with one attached hydrogen (secondary N) is 2. The SMILES string of the molecule is CC(C)OC(=O)c1cc(-c2nn(C)c(C(F)(F)F)c2Br)c(F)cc1Cl.COc1cc(OC)nc(NC(=O)NS(=O)(=O)N(C)S(C)(=O)=O)n1.O=C(O)COc1ccc(Cl)c2cccnc12. The second-order valence-corrected chi connectivity index (χ2v) is 18.1. The number of hydrogen-bond donors (Lipinski definition) is 3. The van der Waals surface area contributed by atoms with Crippen molar-refractivity contribution in [1.82, 2.24) is 33.2 Å². The zero-order valence-electron chi connectivity index (χ0n) is 34.0. The molecule has 0 radical (unpaired) electrons. The molecule has 0 aliphatic carbocycles. The molecule has 3 aromatic heterocycles. The number of carboxylic acids is 1. The third kappa shape index (κ3) is 14.2. The summed E-state index contributed by atoms with van der Waals surface area (Å²) in [6.45, 7) is 2.83. The van der Waals surface area contributed by atoms with Gasteiger partial charge in [0.2, 0.25) is 27.7 Å². The number of urea groups is 1. The zero-order chi connectivity index (χ0) is 48.5. The zero-order valence-corrected chi connectivity index (χ0v) is 38.7. The van der Waals surface area contributed by atoms with Gasteiger partial charge in [-0.1, -0.05) is 26.9 Å². The standard InChI is InChI=1S/C15H12BrClF4N2O2.C11H8ClNO3.C9H15N5O7S2/c1-6(2)25-14(24)7-4-8(10(18)5-9(7)17)12-11(16)13(15(19,20)21)23(3)22-12;12-8-3-4-9(16-6-10(14)15)11-7(8)2-1-5-13-11;1-14(22(4,16)17)23(18,19)13-9(15)12-8-10-6(20-2)5-7(11-8)21-3/h4-6H,1-3H3;1-5H,6H2,(H,14,15);5H,1-4H3,(H2,10,11,12,13,15). The highest BCUT2D eigenvalue weighted by molar-refractivity contribution is 9.10. The van der Waals surface area contributed by atoms with Crippen LogP contribution in [-0.2, 0) is 43.0 Å². The number of aromatic nitrogens is 5. The molecule has 0 spiro atoms. The molecule has 0 saturated carbocycles. The molecule has 5 rings (SSSR count). The third-order valence-electron chi connectivity index (χ3n) is 7.51. The monoisotopic (exact) mass is 1050 g/mol. The number of sulfonamides is 1. The summed E-state index contributed by atoms with van der Waals surface area (Å²) < 4.78 is 121. The highest BCUT2D eigenvalue weighted by Gasteiger charge is 2.39. The van der Waals surface area contributed by atoms with Crippen LogP contribution in [0.25, 0.3) is 22.2 Å². The third-order valence-corrected chi connectivity index (χ3v) is 12.4. The summed E-state index contributed by atoms with van der Waals surface area (Å²) in [4.78, 5) is 45.7. The number of carbonyl (C=O) groups excluding carboxylic acids is 2. The highest BCUT2D eigenvalue weighted by Crippen LogP contribution is 2.41. The number of pyridine rings is 1. The number of carboxylic acid groups (broad SMARTS) is 1. The van der Waals surface area contributed by atoms with E-state index in [1.807, 2.05) is 5.32 Å². The van der Waals surface area contributed by atoms with E-state index in [2.05, 4.69) is 36.0 Å². The average Bonchev–Trinajstić information content (AvgIpc) is 3.50. The van der Waals surface area contributed by atoms with E-state index >= 15 is 0 Å². The predicted octanol–water partition coefficient (Wildman–Crippen LogP) is 6.33. The number of ether oxygens (including phenoxy) is 4. The summed E-state index contributed by atoms with van der Waals surface area (Å²) in [6, 6.07) is 8.75. The van der Waals surface area contributed by atoms with E-state index in [-0.39, 0.29) is 43.3 Å². The Kier molecular flexibility index (Phi) is 18.0. The van der Waals surface area contributed by atoms with Crippen molar-refractivity contribution in [3.63, 3.8) is 0 Å². The molecule has 29 heteroatoms. The van der Waals surface area contributed by atoms with E-state index in [1.54, 1.807) is 44.3 Å². The normalized spacial score (nSPS) is 11.5. The van der Waals surface area contributed by atoms with Crippen LogP contribution in [0.4, 0.5) is 28.3 Å². The van der Waals surface area contributed by atoms with E-state index in [1.165, 1.54) is 25.0 Å². The molecule has 3 N–H and O–H groups in total. The molecule has 0 atom stereocenters. The van der Waals surface area contributed by atoms with Gasteiger partial charge in [0.15, 0.2) is 12.3 Å². The van der Waals surface area contributed by atoms with Gasteiger partial charge in [-0.05, 0) is 66.2 Å². The second kappa shape index (κ2) is 21.8. The summed E-state index contributed by atoms with van der Waals surface area (Å²) >= 11 is 14.6. The molecule has 5 aromatic rings. The first-order chi connectivity index (χ1) is 29.6. The lowest BCUT2D eigenvalue weighted by molar-refractivity contribution is -0.144. The number of anilines is 1. The lowest BCUT2D eigenvalue weighted by Crippen LogP contribution is -2.45. The first-order valence-corrected chi connectivity index (χ1v) is 22.1. The minimum atomic E-state index is -4.69. The summed E-state index contributed by atoms with van der Waals surface area (Å²) in [5.74, 6) is -2.54. The molecule has 0 unspecified atom stereocenters. The fourth-order valence-corrected chi connectivity index (χ4v) is 7.84. The van der Waals surface area contributed by atoms with Gasteiger partial charge in [0, 0.05) is 31.2 Å². The van der Waals surface area contributed by atoms with Crippen LogP contribution in [-0.4, -0.2) is 109 Å². The fourth-order valence-electron chi connectivity index (χ4n) is 4.67. The first-order valence-electron chi connectivity index (χ1n) is 17.2. The Morgan fingerprint density at radius 1 is 1.00 bits per heavy atom. The lowest BCUT2D eigenvalue weighted by Gasteiger charge is -2.15. The molecule has 0 aliphatic heterocycles. The second-order valence-electron chi connectivity index (χ2n) is 12.5. The number of halogens is 7. The number of esters is 1. The smallest absolute Gasteiger partial charge is 0.434 e. The number of alkyl halides is 3. The Labute approximate surface area is 380 Å². The molecule has 2 aromatic carbocycles. The van der Waals surface area contributed by atoms with Gasteiger partial charge < -0.3 is 24.1 Å². The molecule has 0 bridgehead atoms. The van der Waals surface area contributed by atoms with Crippen LogP contribution in [0.2, 0.25) is 10.0 Å². The number of methoxy groups -OCH3 is 2. The van der Waals surface area contributed by atoms with Crippen molar-refractivity contribution >= 4 is 94.2 Å². The number of nitrogens with zero attached hydrogens (tertiary/aromatic N) is 6. The van der Waals surface area contributed by atoms with E-state index in [4.69, 9.17) is 47.3 Å². The van der Waals surface area contributed by atoms with Crippen LogP contribution in [0.3, 0.4) is 0 Å². The molecule has 3 heterocycles. The van der Waals surface area contributed by atoms with Gasteiger partial charge >= 0.3 is 34.4 Å². The predicted molar refractivity (Wildman–Crippen MR) is 226 cm³/mol. The number of rotatable bonds is 12. The quantitative estimate of drug-likeness (QED) is 0.0911. The maximum Gasteiger partial charge on any atom is 0.434 e. The highest BCUT2D eigenvalue weighted by atomic mass is 79.9. The molecule has 0 aliphatic rings. The maximum absolute atomic E-state index is 14.3. The number of fused-ring (bicyclic) bond motifs is 1. The largest absolute Gasteiger partial charge is 0.481 e. The van der Waals surface area contributed by atoms with Crippen LogP contribution in [0.1, 0.15) is 29.9 Å². The van der Waals surface area contributed by atoms with Gasteiger partial charge in [0.25, 0.3) is 0 Å². The minimum Gasteiger partial charge on any atom is -0.481 e. The van der Waals surface area contributed by atoms with Gasteiger partial charge in [-0.2, -0.15) is 36.7 Å². The average molecular weight is 1050 g/mol. The fraction of sp³-hybridized carbons (Fsp3) is 0.286. The molecule has 0 fully saturated rings. The van der Waals surface area contributed by atoms with Crippen LogP contribution in [0.5, 0.6) is 17.5 Å². The summed E-state index contributed by atoms with van der Waals surface area (Å²) in [5, 5.41) is 15.4. The Balaban J connectivity index is 0.000000261. The van der Waals surface area contributed by atoms with Gasteiger partial charge in [-0.25, -0.2) is 31.9 Å². The number of aryl methyl sites for hydroxylation is 1. The Morgan fingerprint density at radius 2 is 1.61 bits per heavy atom. The number of carbonyl (C=O) groups is 3. The van der Waals surface area contributed by atoms with Crippen molar-refractivity contribution < 1.29 is 72.8 Å². The van der Waals surface area contributed by atoms with Crippen LogP contribution >= 0.6 is 39.1 Å². The number of benzene rings is 2. The Morgan fingerprint density at radius 3 is 2.12 bits per heavy atom. The van der Waals surface area contributed by atoms with Crippen molar-refractivity contribution in [3.05, 3.63) is 80.3 Å². The Hall–Kier alpha value is -5.61. The summed E-state index contributed by atoms with van der Waals surface area (Å²) in [6.07, 6.45) is -2.87. The number of hydrogen-bond acceptors (Lipinski definition) is 15. The molecule has 20 nitrogen and oxygen atoms in total. The van der Waals surface area contributed by atoms with Crippen molar-refractivity contribution in [1.29, 1.82) is 0 Å². The lowest BCUT2D eigenvalue weighted by atomic mass is 10.1. The molecular formula is C35H35BrCl2F4N8O12S2. The van der Waals surface area contributed by atoms with Crippen LogP contribution in [0, 0.1) is 5.82 Å². The van der Waals surface area contributed by atoms with Gasteiger partial charge in [0.1, 0.15) is 22.8 Å². The van der Waals surface area contributed by atoms with Crippen LogP contribution < -0.4 is 24.2 Å². The van der Waals surface area contributed by atoms with Crippen molar-refractivity contribution in [2.24, 2.45) is 7.05 Å². The topological polar surface area (TPSA) is 260 Å². The van der Waals surface area contributed by atoms with Gasteiger partial charge in [-0.3, -0.25) is 15.0 Å². The first kappa shape index (κ1) is 52.7. The molecule has 348 valence electrons. The van der Waals surface area contributed by atoms with Crippen molar-refractivity contribution in [2.75, 3.05) is 39.4 Å². The summed E-state index contributed by atoms with van der Waals surface area (Å²) in [7, 11) is -4.18. The van der Waals surface area contributed by atoms with Crippen molar-refractivity contribution in [2.45, 2.75) is 26.1 Å². The van der Waals surface area contributed by atoms with Gasteiger partial charge in [-0.15, -0.1) is 0 Å². The molecule has 2 amide bonds. The van der Waals surface area contributed by atoms with E-state index in [0.717, 1.165) is 31.6 Å². The minimum absolute atomic E-state index is 0.00654. The summed E-state index contributed by atoms with van der Waals surface area (Å²) in [5.41, 5.74) is -1.29. The molecular weight excluding hydrogens is 1020 g/mol. The van der Waals surface area contributed by atoms with E-state index in [9.17, 15) is 48.8 Å². The van der Waals surface area contributed by atoms with Crippen LogP contribution in [0.15, 0.2) is 53.1 Å². The van der Waals surface area contributed by atoms with E-state index < -0.39 is 73.1 Å². The molecule has 64 heavy (non-hydrogen) atoms. The number of aliphatic carboxylic acids is 1. The number of amides is 2. The Bertz CT molecular complexity index is 2750. The van der Waals surface area contributed by atoms with Crippen molar-refractivity contribution in [3.8, 4) is 28.8 Å². The maximum atomic E-state index is 14.3. The molecule has 0 saturated heterocycles. The van der Waals surface area contributed by atoms with E-state index in [0.29, 0.717) is 27.2 Å².